The van der Waals surface area contributed by atoms with E-state index in [9.17, 15) is 9.59 Å². The van der Waals surface area contributed by atoms with E-state index in [0.717, 1.165) is 13.1 Å². The first-order valence-electron chi connectivity index (χ1n) is 8.17. The van der Waals surface area contributed by atoms with E-state index < -0.39 is 6.04 Å². The lowest BCUT2D eigenvalue weighted by Crippen LogP contribution is -2.62. The fourth-order valence-electron chi connectivity index (χ4n) is 3.06. The number of carbonyl (C=O) groups is 2. The predicted octanol–water partition coefficient (Wildman–Crippen LogP) is -0.0770. The van der Waals surface area contributed by atoms with Gasteiger partial charge in [-0.05, 0) is 19.2 Å². The number of nitrogens with zero attached hydrogens (tertiary/aromatic N) is 4. The molecule has 8 heteroatoms. The Hall–Kier alpha value is -1.70. The Morgan fingerprint density at radius 3 is 2.62 bits per heavy atom. The van der Waals surface area contributed by atoms with E-state index in [1.165, 1.54) is 6.20 Å². The van der Waals surface area contributed by atoms with Gasteiger partial charge in [0.15, 0.2) is 0 Å². The molecule has 2 aliphatic heterocycles. The number of carbonyl (C=O) groups excluding carboxylic acids is 2. The van der Waals surface area contributed by atoms with Crippen LogP contribution in [-0.2, 0) is 4.79 Å². The lowest BCUT2D eigenvalue weighted by molar-refractivity contribution is -0.138. The first kappa shape index (κ1) is 17.1. The summed E-state index contributed by atoms with van der Waals surface area (Å²) >= 11 is 5.83. The van der Waals surface area contributed by atoms with E-state index in [1.54, 1.807) is 17.0 Å². The standard InChI is InChI=1S/C16H22ClN5O2/c1-20-6-8-21(9-7-20)16(24)14-11-18-4-5-22(14)15(23)13-3-2-12(17)10-19-13/h2-3,10,14,18H,4-9,11H2,1H3/t14-/m0/s1. The first-order valence-corrected chi connectivity index (χ1v) is 8.54. The molecule has 1 aromatic heterocycles. The number of nitrogens with one attached hydrogen (secondary N) is 1. The van der Waals surface area contributed by atoms with Gasteiger partial charge in [-0.15, -0.1) is 0 Å². The molecule has 24 heavy (non-hydrogen) atoms. The van der Waals surface area contributed by atoms with Crippen LogP contribution in [0.4, 0.5) is 0 Å². The Bertz CT molecular complexity index is 601. The van der Waals surface area contributed by atoms with Gasteiger partial charge in [0, 0.05) is 52.0 Å². The zero-order valence-electron chi connectivity index (χ0n) is 13.7. The van der Waals surface area contributed by atoms with Crippen LogP contribution in [-0.4, -0.2) is 90.4 Å². The van der Waals surface area contributed by atoms with Crippen molar-refractivity contribution in [3.8, 4) is 0 Å². The van der Waals surface area contributed by atoms with Crippen molar-refractivity contribution in [3.63, 3.8) is 0 Å². The molecule has 3 heterocycles. The molecule has 0 unspecified atom stereocenters. The van der Waals surface area contributed by atoms with Gasteiger partial charge in [-0.25, -0.2) is 4.98 Å². The summed E-state index contributed by atoms with van der Waals surface area (Å²) in [5, 5.41) is 3.70. The molecule has 0 saturated carbocycles. The van der Waals surface area contributed by atoms with E-state index in [4.69, 9.17) is 11.6 Å². The molecule has 2 saturated heterocycles. The van der Waals surface area contributed by atoms with E-state index >= 15 is 0 Å². The average molecular weight is 352 g/mol. The van der Waals surface area contributed by atoms with E-state index in [0.29, 0.717) is 43.4 Å². The Morgan fingerprint density at radius 2 is 1.96 bits per heavy atom. The van der Waals surface area contributed by atoms with Crippen molar-refractivity contribution in [2.45, 2.75) is 6.04 Å². The maximum absolute atomic E-state index is 12.9. The number of amides is 2. The van der Waals surface area contributed by atoms with Crippen LogP contribution in [0, 0.1) is 0 Å². The second kappa shape index (κ2) is 7.46. The van der Waals surface area contributed by atoms with Crippen LogP contribution >= 0.6 is 11.6 Å². The lowest BCUT2D eigenvalue weighted by Gasteiger charge is -2.40. The highest BCUT2D eigenvalue weighted by atomic mass is 35.5. The maximum Gasteiger partial charge on any atom is 0.273 e. The smallest absolute Gasteiger partial charge is 0.273 e. The Balaban J connectivity index is 1.74. The third-order valence-electron chi connectivity index (χ3n) is 4.55. The number of aromatic nitrogens is 1. The molecule has 0 spiro atoms. The number of pyridine rings is 1. The third kappa shape index (κ3) is 3.68. The SMILES string of the molecule is CN1CCN(C(=O)[C@@H]2CNCCN2C(=O)c2ccc(Cl)cn2)CC1. The predicted molar refractivity (Wildman–Crippen MR) is 91.0 cm³/mol. The zero-order chi connectivity index (χ0) is 17.1. The second-order valence-electron chi connectivity index (χ2n) is 6.21. The molecule has 0 aromatic carbocycles. The summed E-state index contributed by atoms with van der Waals surface area (Å²) in [5.41, 5.74) is 0.317. The van der Waals surface area contributed by atoms with E-state index in [-0.39, 0.29) is 11.8 Å². The normalized spacial score (nSPS) is 22.5. The fraction of sp³-hybridized carbons (Fsp3) is 0.562. The molecule has 3 rings (SSSR count). The van der Waals surface area contributed by atoms with Crippen molar-refractivity contribution in [1.82, 2.24) is 25.0 Å². The van der Waals surface area contributed by atoms with Gasteiger partial charge in [0.1, 0.15) is 11.7 Å². The minimum Gasteiger partial charge on any atom is -0.338 e. The van der Waals surface area contributed by atoms with Gasteiger partial charge < -0.3 is 20.0 Å². The first-order chi connectivity index (χ1) is 11.6. The van der Waals surface area contributed by atoms with Gasteiger partial charge in [0.25, 0.3) is 5.91 Å². The molecule has 2 fully saturated rings. The lowest BCUT2D eigenvalue weighted by atomic mass is 10.1. The van der Waals surface area contributed by atoms with Crippen LogP contribution in [0.3, 0.4) is 0 Å². The van der Waals surface area contributed by atoms with Crippen LogP contribution in [0.15, 0.2) is 18.3 Å². The largest absolute Gasteiger partial charge is 0.338 e. The summed E-state index contributed by atoms with van der Waals surface area (Å²) in [7, 11) is 2.05. The van der Waals surface area contributed by atoms with Crippen LogP contribution in [0.2, 0.25) is 5.02 Å². The zero-order valence-corrected chi connectivity index (χ0v) is 14.5. The minimum absolute atomic E-state index is 0.0117. The van der Waals surface area contributed by atoms with E-state index in [2.05, 4.69) is 15.2 Å². The Labute approximate surface area is 146 Å². The van der Waals surface area contributed by atoms with Crippen molar-refractivity contribution >= 4 is 23.4 Å². The molecule has 2 aliphatic rings. The summed E-state index contributed by atoms with van der Waals surface area (Å²) in [6.45, 7) is 4.76. The number of halogens is 1. The number of likely N-dealkylation sites (N-methyl/N-ethyl adjacent to an activating group) is 1. The monoisotopic (exact) mass is 351 g/mol. The summed E-state index contributed by atoms with van der Waals surface area (Å²) in [6, 6.07) is 2.76. The highest BCUT2D eigenvalue weighted by Gasteiger charge is 2.36. The molecular weight excluding hydrogens is 330 g/mol. The van der Waals surface area contributed by atoms with Gasteiger partial charge in [0.2, 0.25) is 5.91 Å². The van der Waals surface area contributed by atoms with Gasteiger partial charge in [0.05, 0.1) is 5.02 Å². The van der Waals surface area contributed by atoms with Crippen molar-refractivity contribution < 1.29 is 9.59 Å². The van der Waals surface area contributed by atoms with Gasteiger partial charge in [-0.1, -0.05) is 11.6 Å². The Morgan fingerprint density at radius 1 is 1.21 bits per heavy atom. The number of hydrogen-bond donors (Lipinski definition) is 1. The summed E-state index contributed by atoms with van der Waals surface area (Å²) in [6.07, 6.45) is 1.45. The summed E-state index contributed by atoms with van der Waals surface area (Å²) in [5.74, 6) is -0.210. The number of hydrogen-bond acceptors (Lipinski definition) is 5. The van der Waals surface area contributed by atoms with Gasteiger partial charge in [-0.2, -0.15) is 0 Å². The second-order valence-corrected chi connectivity index (χ2v) is 6.65. The molecular formula is C16H22ClN5O2. The molecule has 0 aliphatic carbocycles. The average Bonchev–Trinajstić information content (AvgIpc) is 2.62. The molecule has 1 atom stereocenters. The summed E-state index contributed by atoms with van der Waals surface area (Å²) < 4.78 is 0. The molecule has 130 valence electrons. The number of rotatable bonds is 2. The molecule has 0 bridgehead atoms. The van der Waals surface area contributed by atoms with Crippen LogP contribution in [0.5, 0.6) is 0 Å². The van der Waals surface area contributed by atoms with Gasteiger partial charge in [-0.3, -0.25) is 9.59 Å². The van der Waals surface area contributed by atoms with Crippen molar-refractivity contribution in [2.24, 2.45) is 0 Å². The molecule has 1 N–H and O–H groups in total. The Kier molecular flexibility index (Phi) is 5.33. The molecule has 1 aromatic rings. The van der Waals surface area contributed by atoms with Crippen LogP contribution in [0.1, 0.15) is 10.5 Å². The van der Waals surface area contributed by atoms with Crippen LogP contribution in [0.25, 0.3) is 0 Å². The van der Waals surface area contributed by atoms with E-state index in [1.807, 2.05) is 11.9 Å². The van der Waals surface area contributed by atoms with Crippen molar-refractivity contribution in [1.29, 1.82) is 0 Å². The molecule has 7 nitrogen and oxygen atoms in total. The van der Waals surface area contributed by atoms with Gasteiger partial charge >= 0.3 is 0 Å². The third-order valence-corrected chi connectivity index (χ3v) is 4.77. The van der Waals surface area contributed by atoms with Crippen LogP contribution < -0.4 is 5.32 Å². The number of piperazine rings is 2. The minimum atomic E-state index is -0.480. The summed E-state index contributed by atoms with van der Waals surface area (Å²) in [4.78, 5) is 35.4. The highest BCUT2D eigenvalue weighted by molar-refractivity contribution is 6.30. The molecule has 2 amide bonds. The highest BCUT2D eigenvalue weighted by Crippen LogP contribution is 2.14. The fourth-order valence-corrected chi connectivity index (χ4v) is 3.17. The quantitative estimate of drug-likeness (QED) is 0.807. The maximum atomic E-state index is 12.9. The topological polar surface area (TPSA) is 68.8 Å². The van der Waals surface area contributed by atoms with Crippen molar-refractivity contribution in [2.75, 3.05) is 52.9 Å². The van der Waals surface area contributed by atoms with Crippen molar-refractivity contribution in [3.05, 3.63) is 29.0 Å². The molecule has 0 radical (unpaired) electrons.